The lowest BCUT2D eigenvalue weighted by molar-refractivity contribution is 0.322. The maximum Gasteiger partial charge on any atom is 0.266 e. The highest BCUT2D eigenvalue weighted by atomic mass is 32.1. The number of rotatable bonds is 5. The number of nitrogens with zero attached hydrogens (tertiary/aromatic N) is 3. The summed E-state index contributed by atoms with van der Waals surface area (Å²) in [7, 11) is 0. The number of hydrogen-bond acceptors (Lipinski definition) is 6. The molecule has 0 bridgehead atoms. The largest absolute Gasteiger partial charge is 0.494 e. The van der Waals surface area contributed by atoms with Crippen molar-refractivity contribution in [2.24, 2.45) is 4.99 Å². The van der Waals surface area contributed by atoms with Gasteiger partial charge in [0.25, 0.3) is 5.56 Å². The summed E-state index contributed by atoms with van der Waals surface area (Å²) in [6.07, 6.45) is 5.24. The molecule has 3 aliphatic rings. The molecule has 0 aromatic carbocycles. The van der Waals surface area contributed by atoms with Crippen LogP contribution in [0.2, 0.25) is 0 Å². The minimum Gasteiger partial charge on any atom is -0.494 e. The third-order valence-electron chi connectivity index (χ3n) is 5.86. The summed E-state index contributed by atoms with van der Waals surface area (Å²) in [5, 5.41) is 11.8. The zero-order valence-corrected chi connectivity index (χ0v) is 21.4. The molecule has 1 aromatic rings. The first kappa shape index (κ1) is 24.5. The van der Waals surface area contributed by atoms with Gasteiger partial charge in [-0.25, -0.2) is 0 Å². The molecule has 8 heteroatoms. The van der Waals surface area contributed by atoms with Crippen molar-refractivity contribution in [1.29, 1.82) is 0 Å². The van der Waals surface area contributed by atoms with Crippen molar-refractivity contribution < 1.29 is 14.3 Å². The van der Waals surface area contributed by atoms with Gasteiger partial charge in [0.15, 0.2) is 4.77 Å². The predicted octanol–water partition coefficient (Wildman–Crippen LogP) is 5.41. The molecular formula is C27H29N3O4S. The summed E-state index contributed by atoms with van der Waals surface area (Å²) in [5.74, 6) is 2.25. The number of aryl methyl sites for hydroxylation is 1. The number of aromatic nitrogens is 2. The first-order valence-corrected chi connectivity index (χ1v) is 12.1. The second-order valence-electron chi connectivity index (χ2n) is 8.26. The smallest absolute Gasteiger partial charge is 0.266 e. The van der Waals surface area contributed by atoms with Gasteiger partial charge in [0.05, 0.1) is 5.36 Å². The Morgan fingerprint density at radius 2 is 1.83 bits per heavy atom. The van der Waals surface area contributed by atoms with E-state index in [1.807, 2.05) is 52.0 Å². The third-order valence-corrected chi connectivity index (χ3v) is 6.30. The van der Waals surface area contributed by atoms with Gasteiger partial charge >= 0.3 is 0 Å². The van der Waals surface area contributed by atoms with Gasteiger partial charge in [0, 0.05) is 37.3 Å². The lowest BCUT2D eigenvalue weighted by atomic mass is 10.0. The fraction of sp³-hybridized carbons (Fsp3) is 0.296. The van der Waals surface area contributed by atoms with Crippen LogP contribution < -0.4 is 10.9 Å². The molecule has 0 fully saturated rings. The van der Waals surface area contributed by atoms with Crippen molar-refractivity contribution in [3.8, 4) is 17.2 Å². The molecule has 0 spiro atoms. The zero-order valence-electron chi connectivity index (χ0n) is 20.6. The van der Waals surface area contributed by atoms with Gasteiger partial charge in [0.1, 0.15) is 28.6 Å². The van der Waals surface area contributed by atoms with Crippen LogP contribution in [0.5, 0.6) is 5.88 Å². The van der Waals surface area contributed by atoms with E-state index in [0.717, 1.165) is 22.2 Å². The Kier molecular flexibility index (Phi) is 6.93. The van der Waals surface area contributed by atoms with Crippen LogP contribution in [-0.2, 0) is 17.8 Å². The number of hydrogen-bond donors (Lipinski definition) is 1. The van der Waals surface area contributed by atoms with Crippen LogP contribution in [0, 0.1) is 11.7 Å². The number of benzene rings is 1. The Bertz CT molecular complexity index is 1550. The SMILES string of the molecule is CCN=c1ccc2c(C)cc(C=C3C=C(c4c(O)n(CC)c(=S)n(CC)c4=O)C=C(C)O3)oc-2c1. The van der Waals surface area contributed by atoms with E-state index in [0.29, 0.717) is 47.3 Å². The highest BCUT2D eigenvalue weighted by Crippen LogP contribution is 2.32. The van der Waals surface area contributed by atoms with Gasteiger partial charge in [-0.2, -0.15) is 0 Å². The number of fused-ring (bicyclic) bond motifs is 1. The molecule has 182 valence electrons. The molecule has 0 radical (unpaired) electrons. The molecule has 4 rings (SSSR count). The molecule has 1 aromatic heterocycles. The van der Waals surface area contributed by atoms with Gasteiger partial charge in [-0.1, -0.05) is 0 Å². The maximum absolute atomic E-state index is 13.2. The molecule has 1 aliphatic carbocycles. The quantitative estimate of drug-likeness (QED) is 0.483. The van der Waals surface area contributed by atoms with Gasteiger partial charge < -0.3 is 14.3 Å². The standard InChI is InChI=1S/C27H29N3O4S/c1-6-28-19-9-10-22-16(4)11-20(34-23(22)14-19)15-21-13-18(12-17(5)33-21)24-25(31)29(7-2)27(35)30(8-3)26(24)32/h9-15,31H,6-8H2,1-5H3. The molecular weight excluding hydrogens is 462 g/mol. The fourth-order valence-corrected chi connectivity index (χ4v) is 4.67. The number of aromatic hydroxyl groups is 1. The van der Waals surface area contributed by atoms with E-state index in [4.69, 9.17) is 21.4 Å². The molecule has 0 saturated heterocycles. The maximum atomic E-state index is 13.2. The summed E-state index contributed by atoms with van der Waals surface area (Å²) in [5.41, 5.74) is 2.46. The Hall–Kier alpha value is -3.65. The van der Waals surface area contributed by atoms with Crippen LogP contribution in [0.3, 0.4) is 0 Å². The predicted molar refractivity (Wildman–Crippen MR) is 140 cm³/mol. The number of allylic oxidation sites excluding steroid dienone is 4. The minimum atomic E-state index is -0.338. The monoisotopic (exact) mass is 491 g/mol. The van der Waals surface area contributed by atoms with Crippen molar-refractivity contribution in [3.63, 3.8) is 0 Å². The Balaban J connectivity index is 1.87. The van der Waals surface area contributed by atoms with E-state index in [-0.39, 0.29) is 17.0 Å². The highest BCUT2D eigenvalue weighted by molar-refractivity contribution is 7.71. The van der Waals surface area contributed by atoms with Gasteiger partial charge in [0.2, 0.25) is 5.88 Å². The fourth-order valence-electron chi connectivity index (χ4n) is 4.24. The van der Waals surface area contributed by atoms with E-state index in [9.17, 15) is 9.90 Å². The Labute approximate surface area is 209 Å². The Morgan fingerprint density at radius 3 is 2.51 bits per heavy atom. The van der Waals surface area contributed by atoms with Gasteiger partial charge in [-0.15, -0.1) is 0 Å². The van der Waals surface area contributed by atoms with E-state index < -0.39 is 0 Å². The lowest BCUT2D eigenvalue weighted by Gasteiger charge is -2.19. The van der Waals surface area contributed by atoms with Crippen molar-refractivity contribution in [1.82, 2.24) is 9.13 Å². The molecule has 2 aliphatic heterocycles. The molecule has 3 heterocycles. The van der Waals surface area contributed by atoms with Crippen LogP contribution >= 0.6 is 12.2 Å². The van der Waals surface area contributed by atoms with Crippen molar-refractivity contribution in [2.45, 2.75) is 47.7 Å². The Morgan fingerprint density at radius 1 is 1.09 bits per heavy atom. The molecule has 0 saturated carbocycles. The van der Waals surface area contributed by atoms with Gasteiger partial charge in [-0.3, -0.25) is 18.9 Å². The topological polar surface area (TPSA) is 81.9 Å². The average molecular weight is 492 g/mol. The van der Waals surface area contributed by atoms with Crippen LogP contribution in [-0.4, -0.2) is 20.8 Å². The summed E-state index contributed by atoms with van der Waals surface area (Å²) in [4.78, 5) is 17.7. The molecule has 0 amide bonds. The van der Waals surface area contributed by atoms with Gasteiger partial charge in [-0.05, 0) is 88.3 Å². The first-order valence-electron chi connectivity index (χ1n) is 11.7. The average Bonchev–Trinajstić information content (AvgIpc) is 2.79. The van der Waals surface area contributed by atoms with E-state index in [1.165, 1.54) is 4.57 Å². The molecule has 0 unspecified atom stereocenters. The van der Waals surface area contributed by atoms with E-state index >= 15 is 0 Å². The minimum absolute atomic E-state index is 0.151. The van der Waals surface area contributed by atoms with Crippen LogP contribution in [0.15, 0.2) is 62.1 Å². The van der Waals surface area contributed by atoms with Crippen LogP contribution in [0.4, 0.5) is 0 Å². The molecule has 1 N–H and O–H groups in total. The third kappa shape index (κ3) is 4.66. The zero-order chi connectivity index (χ0) is 25.3. The molecule has 7 nitrogen and oxygen atoms in total. The second-order valence-corrected chi connectivity index (χ2v) is 8.63. The molecule has 0 atom stereocenters. The van der Waals surface area contributed by atoms with Crippen molar-refractivity contribution in [2.75, 3.05) is 6.54 Å². The highest BCUT2D eigenvalue weighted by Gasteiger charge is 2.21. The summed E-state index contributed by atoms with van der Waals surface area (Å²) >= 11 is 5.41. The van der Waals surface area contributed by atoms with Crippen LogP contribution in [0.25, 0.3) is 23.0 Å². The second kappa shape index (κ2) is 9.92. The lowest BCUT2D eigenvalue weighted by Crippen LogP contribution is -2.27. The van der Waals surface area contributed by atoms with Crippen LogP contribution in [0.1, 0.15) is 44.6 Å². The van der Waals surface area contributed by atoms with E-state index in [2.05, 4.69) is 4.99 Å². The normalized spacial score (nSPS) is 15.3. The van der Waals surface area contributed by atoms with E-state index in [1.54, 1.807) is 29.7 Å². The van der Waals surface area contributed by atoms with Crippen molar-refractivity contribution in [3.05, 3.63) is 85.3 Å². The van der Waals surface area contributed by atoms with Crippen molar-refractivity contribution >= 4 is 23.9 Å². The number of ether oxygens (including phenoxy) is 1. The summed E-state index contributed by atoms with van der Waals surface area (Å²) in [6, 6.07) is 7.85. The molecule has 35 heavy (non-hydrogen) atoms. The first-order chi connectivity index (χ1) is 16.8. The summed E-state index contributed by atoms with van der Waals surface area (Å²) in [6.45, 7) is 11.1. The summed E-state index contributed by atoms with van der Waals surface area (Å²) < 4.78 is 15.4.